The zero-order chi connectivity index (χ0) is 22.0. The molecule has 2 amide bonds. The van der Waals surface area contributed by atoms with Gasteiger partial charge < -0.3 is 9.47 Å². The van der Waals surface area contributed by atoms with Crippen LogP contribution in [0.1, 0.15) is 11.1 Å². The SMILES string of the molecule is COc1cccc(N2NNN(C)C2=O)c1COc1ccc(-c2cccc(Cl)c2)cc1C. The Kier molecular flexibility index (Phi) is 5.99. The van der Waals surface area contributed by atoms with Crippen molar-refractivity contribution in [3.8, 4) is 22.6 Å². The second-order valence-electron chi connectivity index (χ2n) is 7.14. The topological polar surface area (TPSA) is 66.1 Å². The molecule has 0 unspecified atom stereocenters. The average molecular weight is 439 g/mol. The summed E-state index contributed by atoms with van der Waals surface area (Å²) in [6.45, 7) is 2.23. The molecule has 8 heteroatoms. The predicted octanol–water partition coefficient (Wildman–Crippen LogP) is 4.70. The number of aryl methyl sites for hydroxylation is 1. The number of anilines is 1. The Morgan fingerprint density at radius 2 is 1.74 bits per heavy atom. The fourth-order valence-corrected chi connectivity index (χ4v) is 3.63. The average Bonchev–Trinajstić information content (AvgIpc) is 3.10. The Balaban J connectivity index is 1.59. The number of benzene rings is 3. The maximum absolute atomic E-state index is 12.4. The normalized spacial score (nSPS) is 13.6. The summed E-state index contributed by atoms with van der Waals surface area (Å²) in [7, 11) is 3.23. The van der Waals surface area contributed by atoms with Gasteiger partial charge in [0.05, 0.1) is 18.4 Å². The maximum Gasteiger partial charge on any atom is 0.355 e. The van der Waals surface area contributed by atoms with E-state index in [0.29, 0.717) is 16.5 Å². The molecule has 160 valence electrons. The van der Waals surface area contributed by atoms with Crippen molar-refractivity contribution in [2.75, 3.05) is 19.2 Å². The molecule has 3 aromatic carbocycles. The van der Waals surface area contributed by atoms with E-state index in [9.17, 15) is 4.79 Å². The lowest BCUT2D eigenvalue weighted by atomic mass is 10.0. The molecule has 0 aliphatic carbocycles. The number of methoxy groups -OCH3 is 1. The van der Waals surface area contributed by atoms with Crippen LogP contribution in [0.25, 0.3) is 11.1 Å². The number of urea groups is 1. The fraction of sp³-hybridized carbons (Fsp3) is 0.174. The number of rotatable bonds is 6. The molecule has 0 spiro atoms. The largest absolute Gasteiger partial charge is 0.496 e. The van der Waals surface area contributed by atoms with Crippen molar-refractivity contribution in [1.29, 1.82) is 0 Å². The van der Waals surface area contributed by atoms with Crippen LogP contribution in [0, 0.1) is 6.92 Å². The zero-order valence-electron chi connectivity index (χ0n) is 17.5. The number of carbonyl (C=O) groups excluding carboxylic acids is 1. The Bertz CT molecular complexity index is 1120. The highest BCUT2D eigenvalue weighted by molar-refractivity contribution is 6.30. The summed E-state index contributed by atoms with van der Waals surface area (Å²) in [6.07, 6.45) is 0. The van der Waals surface area contributed by atoms with Crippen LogP contribution in [0.2, 0.25) is 5.02 Å². The van der Waals surface area contributed by atoms with E-state index < -0.39 is 0 Å². The third-order valence-corrected chi connectivity index (χ3v) is 5.32. The van der Waals surface area contributed by atoms with E-state index in [1.807, 2.05) is 61.5 Å². The molecule has 0 radical (unpaired) electrons. The van der Waals surface area contributed by atoms with Gasteiger partial charge in [-0.15, -0.1) is 11.1 Å². The first-order valence-electron chi connectivity index (χ1n) is 9.72. The van der Waals surface area contributed by atoms with Crippen molar-refractivity contribution < 1.29 is 14.3 Å². The molecule has 0 saturated carbocycles. The minimum absolute atomic E-state index is 0.228. The number of hydrazine groups is 3. The van der Waals surface area contributed by atoms with Crippen molar-refractivity contribution >= 4 is 23.3 Å². The molecular formula is C23H23ClN4O3. The van der Waals surface area contributed by atoms with Crippen LogP contribution < -0.4 is 25.6 Å². The minimum Gasteiger partial charge on any atom is -0.496 e. The summed E-state index contributed by atoms with van der Waals surface area (Å²) in [6, 6.07) is 19.0. The molecule has 0 bridgehead atoms. The highest BCUT2D eigenvalue weighted by Gasteiger charge is 2.29. The monoisotopic (exact) mass is 438 g/mol. The second-order valence-corrected chi connectivity index (χ2v) is 7.57. The van der Waals surface area contributed by atoms with Crippen LogP contribution >= 0.6 is 11.6 Å². The van der Waals surface area contributed by atoms with Gasteiger partial charge in [0.25, 0.3) is 0 Å². The first-order chi connectivity index (χ1) is 15.0. The quantitative estimate of drug-likeness (QED) is 0.584. The molecular weight excluding hydrogens is 416 g/mol. The number of hydrogen-bond donors (Lipinski definition) is 2. The third kappa shape index (κ3) is 4.29. The molecule has 1 fully saturated rings. The van der Waals surface area contributed by atoms with E-state index in [-0.39, 0.29) is 12.6 Å². The molecule has 2 N–H and O–H groups in total. The smallest absolute Gasteiger partial charge is 0.355 e. The van der Waals surface area contributed by atoms with Crippen LogP contribution in [0.4, 0.5) is 10.5 Å². The lowest BCUT2D eigenvalue weighted by Crippen LogP contribution is -2.38. The highest BCUT2D eigenvalue weighted by atomic mass is 35.5. The Morgan fingerprint density at radius 1 is 0.968 bits per heavy atom. The molecule has 0 aromatic heterocycles. The maximum atomic E-state index is 12.4. The van der Waals surface area contributed by atoms with Crippen LogP contribution in [0.3, 0.4) is 0 Å². The number of ether oxygens (including phenoxy) is 2. The molecule has 7 nitrogen and oxygen atoms in total. The van der Waals surface area contributed by atoms with E-state index in [1.54, 1.807) is 14.2 Å². The molecule has 1 heterocycles. The number of amides is 2. The van der Waals surface area contributed by atoms with Crippen molar-refractivity contribution in [1.82, 2.24) is 16.1 Å². The van der Waals surface area contributed by atoms with Gasteiger partial charge in [-0.05, 0) is 60.0 Å². The summed E-state index contributed by atoms with van der Waals surface area (Å²) in [5.74, 6) is 1.38. The van der Waals surface area contributed by atoms with Gasteiger partial charge in [-0.3, -0.25) is 0 Å². The van der Waals surface area contributed by atoms with Gasteiger partial charge in [-0.25, -0.2) is 14.8 Å². The van der Waals surface area contributed by atoms with Gasteiger partial charge in [0, 0.05) is 12.1 Å². The molecule has 1 aliphatic heterocycles. The van der Waals surface area contributed by atoms with Crippen molar-refractivity contribution in [3.63, 3.8) is 0 Å². The van der Waals surface area contributed by atoms with Gasteiger partial charge in [-0.1, -0.05) is 35.9 Å². The highest BCUT2D eigenvalue weighted by Crippen LogP contribution is 2.33. The van der Waals surface area contributed by atoms with Crippen molar-refractivity contribution in [2.24, 2.45) is 0 Å². The number of nitrogens with zero attached hydrogens (tertiary/aromatic N) is 2. The first kappa shape index (κ1) is 21.0. The Labute approximate surface area is 186 Å². The molecule has 1 aliphatic rings. The van der Waals surface area contributed by atoms with E-state index in [1.165, 1.54) is 10.0 Å². The lowest BCUT2D eigenvalue weighted by molar-refractivity contribution is 0.214. The summed E-state index contributed by atoms with van der Waals surface area (Å²) < 4.78 is 11.7. The second kappa shape index (κ2) is 8.85. The molecule has 31 heavy (non-hydrogen) atoms. The number of carbonyl (C=O) groups is 1. The van der Waals surface area contributed by atoms with E-state index >= 15 is 0 Å². The summed E-state index contributed by atoms with van der Waals surface area (Å²) in [5, 5.41) is 3.46. The predicted molar refractivity (Wildman–Crippen MR) is 121 cm³/mol. The number of hydrogen-bond acceptors (Lipinski definition) is 5. The van der Waals surface area contributed by atoms with Gasteiger partial charge in [0.2, 0.25) is 0 Å². The van der Waals surface area contributed by atoms with Gasteiger partial charge >= 0.3 is 6.03 Å². The third-order valence-electron chi connectivity index (χ3n) is 5.08. The van der Waals surface area contributed by atoms with Crippen LogP contribution in [0.15, 0.2) is 60.7 Å². The fourth-order valence-electron chi connectivity index (χ4n) is 3.44. The molecule has 3 aromatic rings. The standard InChI is InChI=1S/C23H23ClN4O3/c1-15-12-17(16-6-4-7-18(24)13-16)10-11-21(15)31-14-19-20(8-5-9-22(19)30-3)28-23(29)27(2)25-26-28/h4-13,25-26H,14H2,1-3H3. The minimum atomic E-state index is -0.239. The van der Waals surface area contributed by atoms with Crippen molar-refractivity contribution in [2.45, 2.75) is 13.5 Å². The molecule has 4 rings (SSSR count). The Morgan fingerprint density at radius 3 is 2.42 bits per heavy atom. The van der Waals surface area contributed by atoms with Gasteiger partial charge in [0.1, 0.15) is 18.1 Å². The zero-order valence-corrected chi connectivity index (χ0v) is 18.2. The lowest BCUT2D eigenvalue weighted by Gasteiger charge is -2.20. The van der Waals surface area contributed by atoms with E-state index in [2.05, 4.69) is 17.1 Å². The Hall–Kier alpha value is -3.26. The summed E-state index contributed by atoms with van der Waals surface area (Å²) in [4.78, 5) is 12.4. The van der Waals surface area contributed by atoms with E-state index in [4.69, 9.17) is 21.1 Å². The van der Waals surface area contributed by atoms with Crippen LogP contribution in [-0.2, 0) is 6.61 Å². The van der Waals surface area contributed by atoms with E-state index in [0.717, 1.165) is 28.0 Å². The van der Waals surface area contributed by atoms with Crippen molar-refractivity contribution in [3.05, 3.63) is 76.8 Å². The number of halogens is 1. The number of nitrogens with one attached hydrogen (secondary N) is 2. The van der Waals surface area contributed by atoms with Gasteiger partial charge in [0.15, 0.2) is 0 Å². The molecule has 0 atom stereocenters. The molecule has 1 saturated heterocycles. The summed E-state index contributed by atoms with van der Waals surface area (Å²) >= 11 is 6.12. The van der Waals surface area contributed by atoms with Gasteiger partial charge in [-0.2, -0.15) is 0 Å². The first-order valence-corrected chi connectivity index (χ1v) is 10.1. The van der Waals surface area contributed by atoms with Crippen LogP contribution in [0.5, 0.6) is 11.5 Å². The summed E-state index contributed by atoms with van der Waals surface area (Å²) in [5.41, 5.74) is 10.1. The van der Waals surface area contributed by atoms with Crippen LogP contribution in [-0.4, -0.2) is 25.2 Å².